The predicted octanol–water partition coefficient (Wildman–Crippen LogP) is 0.388. The van der Waals surface area contributed by atoms with Crippen molar-refractivity contribution < 1.29 is 34.2 Å². The first-order valence-electron chi connectivity index (χ1n) is 14.1. The summed E-state index contributed by atoms with van der Waals surface area (Å²) in [5, 5.41) is 23.8. The largest absolute Gasteiger partial charge is 0.508 e. The van der Waals surface area contributed by atoms with E-state index < -0.39 is 60.2 Å². The molecule has 0 aromatic heterocycles. The lowest BCUT2D eigenvalue weighted by molar-refractivity contribution is -0.143. The molecule has 0 spiro atoms. The first kappa shape index (κ1) is 31.7. The van der Waals surface area contributed by atoms with Crippen LogP contribution in [0.25, 0.3) is 0 Å². The fraction of sp³-hybridized carbons (Fsp3) is 0.281. The molecule has 0 fully saturated rings. The van der Waals surface area contributed by atoms with E-state index >= 15 is 0 Å². The minimum atomic E-state index is -1.49. The molecule has 0 saturated heterocycles. The van der Waals surface area contributed by atoms with Crippen LogP contribution >= 0.6 is 0 Å². The van der Waals surface area contributed by atoms with Gasteiger partial charge in [-0.2, -0.15) is 0 Å². The van der Waals surface area contributed by atoms with Crippen LogP contribution in [0, 0.1) is 0 Å². The lowest BCUT2D eigenvalue weighted by atomic mass is 9.92. The summed E-state index contributed by atoms with van der Waals surface area (Å²) in [6.45, 7) is 0.119. The molecule has 0 aliphatic carbocycles. The van der Waals surface area contributed by atoms with Gasteiger partial charge in [0, 0.05) is 19.4 Å². The van der Waals surface area contributed by atoms with Gasteiger partial charge in [-0.1, -0.05) is 66.7 Å². The number of carboxylic acid groups (broad SMARTS) is 1. The maximum atomic E-state index is 13.9. The molecule has 0 radical (unpaired) electrons. The van der Waals surface area contributed by atoms with E-state index in [4.69, 9.17) is 16.6 Å². The van der Waals surface area contributed by atoms with Crippen molar-refractivity contribution in [2.45, 2.75) is 56.4 Å². The van der Waals surface area contributed by atoms with Gasteiger partial charge < -0.3 is 37.2 Å². The van der Waals surface area contributed by atoms with Crippen LogP contribution in [0.1, 0.15) is 28.7 Å². The van der Waals surface area contributed by atoms with Crippen molar-refractivity contribution in [3.8, 4) is 5.75 Å². The van der Waals surface area contributed by atoms with E-state index in [0.29, 0.717) is 5.56 Å². The molecular weight excluding hydrogens is 566 g/mol. The van der Waals surface area contributed by atoms with Gasteiger partial charge in [0.05, 0.1) is 12.5 Å². The number of hydrogen-bond acceptors (Lipinski definition) is 7. The molecule has 4 amide bonds. The van der Waals surface area contributed by atoms with Crippen molar-refractivity contribution in [2.24, 2.45) is 11.5 Å². The van der Waals surface area contributed by atoms with Crippen LogP contribution in [0.4, 0.5) is 0 Å². The predicted molar refractivity (Wildman–Crippen MR) is 160 cm³/mol. The standard InChI is InChI=1S/C32H35N5O7/c33-24(14-20-10-12-23(38)13-11-20)32(44)37-18-22-9-5-4-8-21(22)16-27(37)31(43)36-26(15-19-6-2-1-3-7-19)30(42)35-25(29(34)41)17-28(39)40/h1-13,24-27,38H,14-18,33H2,(H2,34,41)(H,35,42)(H,36,43)(H,39,40)/t24-,25+,26-,27-/m0/s1. The third kappa shape index (κ3) is 8.19. The Morgan fingerprint density at radius 3 is 2.07 bits per heavy atom. The summed E-state index contributed by atoms with van der Waals surface area (Å²) in [6.07, 6.45) is -0.368. The smallest absolute Gasteiger partial charge is 0.305 e. The Labute approximate surface area is 254 Å². The van der Waals surface area contributed by atoms with E-state index in [1.165, 1.54) is 17.0 Å². The second kappa shape index (κ2) is 14.3. The van der Waals surface area contributed by atoms with Gasteiger partial charge in [0.2, 0.25) is 23.6 Å². The molecular formula is C32H35N5O7. The van der Waals surface area contributed by atoms with E-state index in [9.17, 15) is 29.1 Å². The lowest BCUT2D eigenvalue weighted by Crippen LogP contribution is -2.60. The van der Waals surface area contributed by atoms with Crippen molar-refractivity contribution in [1.29, 1.82) is 0 Å². The maximum Gasteiger partial charge on any atom is 0.305 e. The van der Waals surface area contributed by atoms with Crippen molar-refractivity contribution in [3.05, 3.63) is 101 Å². The van der Waals surface area contributed by atoms with Crippen molar-refractivity contribution in [2.75, 3.05) is 0 Å². The molecule has 12 nitrogen and oxygen atoms in total. The van der Waals surface area contributed by atoms with Gasteiger partial charge in [0.25, 0.3) is 0 Å². The average Bonchev–Trinajstić information content (AvgIpc) is 3.00. The number of primary amides is 1. The summed E-state index contributed by atoms with van der Waals surface area (Å²) in [5.41, 5.74) is 14.8. The number of nitrogens with one attached hydrogen (secondary N) is 2. The third-order valence-electron chi connectivity index (χ3n) is 7.50. The molecule has 1 aliphatic heterocycles. The van der Waals surface area contributed by atoms with Crippen molar-refractivity contribution in [3.63, 3.8) is 0 Å². The van der Waals surface area contributed by atoms with Gasteiger partial charge in [-0.05, 0) is 40.8 Å². The Kier molecular flexibility index (Phi) is 10.3. The van der Waals surface area contributed by atoms with Crippen LogP contribution in [-0.2, 0) is 49.8 Å². The monoisotopic (exact) mass is 601 g/mol. The average molecular weight is 602 g/mol. The number of aromatic hydroxyl groups is 1. The summed E-state index contributed by atoms with van der Waals surface area (Å²) < 4.78 is 0. The molecule has 44 heavy (non-hydrogen) atoms. The van der Waals surface area contributed by atoms with Crippen LogP contribution in [0.15, 0.2) is 78.9 Å². The lowest BCUT2D eigenvalue weighted by Gasteiger charge is -2.38. The highest BCUT2D eigenvalue weighted by molar-refractivity contribution is 5.96. The number of amides is 4. The Morgan fingerprint density at radius 1 is 0.818 bits per heavy atom. The van der Waals surface area contributed by atoms with Crippen LogP contribution < -0.4 is 22.1 Å². The van der Waals surface area contributed by atoms with Crippen LogP contribution in [0.5, 0.6) is 5.75 Å². The van der Waals surface area contributed by atoms with Gasteiger partial charge in [0.1, 0.15) is 23.9 Å². The zero-order valence-corrected chi connectivity index (χ0v) is 23.9. The molecule has 230 valence electrons. The molecule has 3 aromatic rings. The number of hydrogen-bond donors (Lipinski definition) is 6. The SMILES string of the molecule is NC(=O)[C@@H](CC(=O)O)NC(=O)[C@H](Cc1ccccc1)NC(=O)[C@@H]1Cc2ccccc2CN1C(=O)[C@@H](N)Cc1ccc(O)cc1. The molecule has 1 heterocycles. The molecule has 12 heteroatoms. The number of phenolic OH excluding ortho intramolecular Hbond substituents is 1. The van der Waals surface area contributed by atoms with E-state index in [2.05, 4.69) is 10.6 Å². The van der Waals surface area contributed by atoms with Gasteiger partial charge >= 0.3 is 5.97 Å². The Balaban J connectivity index is 1.59. The number of carbonyl (C=O) groups excluding carboxylic acids is 4. The van der Waals surface area contributed by atoms with E-state index in [1.807, 2.05) is 24.3 Å². The normalized spacial score (nSPS) is 16.1. The highest BCUT2D eigenvalue weighted by Gasteiger charge is 2.38. The van der Waals surface area contributed by atoms with E-state index in [1.54, 1.807) is 42.5 Å². The fourth-order valence-corrected chi connectivity index (χ4v) is 5.17. The molecule has 8 N–H and O–H groups in total. The molecule has 4 rings (SSSR count). The first-order chi connectivity index (χ1) is 21.0. The summed E-state index contributed by atoms with van der Waals surface area (Å²) in [5.74, 6) is -4.17. The van der Waals surface area contributed by atoms with Crippen LogP contribution in [0.2, 0.25) is 0 Å². The Bertz CT molecular complexity index is 1510. The minimum Gasteiger partial charge on any atom is -0.508 e. The summed E-state index contributed by atoms with van der Waals surface area (Å²) in [6, 6.07) is 17.8. The second-order valence-electron chi connectivity index (χ2n) is 10.7. The number of nitrogens with two attached hydrogens (primary N) is 2. The van der Waals surface area contributed by atoms with Gasteiger partial charge in [-0.15, -0.1) is 0 Å². The molecule has 3 aromatic carbocycles. The van der Waals surface area contributed by atoms with Gasteiger partial charge in [-0.25, -0.2) is 0 Å². The van der Waals surface area contributed by atoms with E-state index in [0.717, 1.165) is 16.7 Å². The topological polar surface area (TPSA) is 205 Å². The zero-order chi connectivity index (χ0) is 31.8. The number of carbonyl (C=O) groups is 5. The number of carboxylic acids is 1. The number of fused-ring (bicyclic) bond motifs is 1. The Hall–Kier alpha value is -5.23. The van der Waals surface area contributed by atoms with Crippen molar-refractivity contribution >= 4 is 29.6 Å². The third-order valence-corrected chi connectivity index (χ3v) is 7.50. The number of aliphatic carboxylic acids is 1. The first-order valence-corrected chi connectivity index (χ1v) is 14.1. The number of rotatable bonds is 12. The number of nitrogens with zero attached hydrogens (tertiary/aromatic N) is 1. The summed E-state index contributed by atoms with van der Waals surface area (Å²) >= 11 is 0. The van der Waals surface area contributed by atoms with Crippen LogP contribution in [0.3, 0.4) is 0 Å². The molecule has 1 aliphatic rings. The highest BCUT2D eigenvalue weighted by atomic mass is 16.4. The number of benzene rings is 3. The summed E-state index contributed by atoms with van der Waals surface area (Å²) in [4.78, 5) is 65.5. The molecule has 0 bridgehead atoms. The van der Waals surface area contributed by atoms with Crippen molar-refractivity contribution in [1.82, 2.24) is 15.5 Å². The minimum absolute atomic E-state index is 0.0224. The molecule has 0 saturated carbocycles. The highest BCUT2D eigenvalue weighted by Crippen LogP contribution is 2.25. The Morgan fingerprint density at radius 2 is 1.43 bits per heavy atom. The molecule has 4 atom stereocenters. The second-order valence-corrected chi connectivity index (χ2v) is 10.7. The van der Waals surface area contributed by atoms with Crippen LogP contribution in [-0.4, -0.2) is 68.9 Å². The van der Waals surface area contributed by atoms with E-state index in [-0.39, 0.29) is 31.6 Å². The fourth-order valence-electron chi connectivity index (χ4n) is 5.17. The zero-order valence-electron chi connectivity index (χ0n) is 23.9. The molecule has 0 unspecified atom stereocenters. The quantitative estimate of drug-likeness (QED) is 0.171. The van der Waals surface area contributed by atoms with Gasteiger partial charge in [-0.3, -0.25) is 24.0 Å². The maximum absolute atomic E-state index is 13.9. The van der Waals surface area contributed by atoms with Gasteiger partial charge in [0.15, 0.2) is 0 Å². The summed E-state index contributed by atoms with van der Waals surface area (Å²) in [7, 11) is 0. The number of phenols is 1.